The van der Waals surface area contributed by atoms with Crippen LogP contribution in [0.3, 0.4) is 0 Å². The first-order valence-corrected chi connectivity index (χ1v) is 6.72. The maximum absolute atomic E-state index is 11.1. The summed E-state index contributed by atoms with van der Waals surface area (Å²) in [6.07, 6.45) is 0.758. The van der Waals surface area contributed by atoms with Crippen LogP contribution in [0.2, 0.25) is 0 Å². The second-order valence-electron chi connectivity index (χ2n) is 4.14. The SMILES string of the molecule is Cc1nc(CCNc2ccc(N)cc2C(=O)O)cs1. The number of carboxylic acids is 1. The van der Waals surface area contributed by atoms with Gasteiger partial charge in [0.15, 0.2) is 0 Å². The molecule has 0 saturated heterocycles. The number of nitrogens with one attached hydrogen (secondary N) is 1. The summed E-state index contributed by atoms with van der Waals surface area (Å²) in [5.74, 6) is -0.987. The molecule has 4 N–H and O–H groups in total. The third kappa shape index (κ3) is 3.45. The lowest BCUT2D eigenvalue weighted by atomic mass is 10.1. The molecule has 0 saturated carbocycles. The van der Waals surface area contributed by atoms with E-state index in [0.29, 0.717) is 17.9 Å². The molecule has 2 rings (SSSR count). The Bertz CT molecular complexity index is 595. The zero-order valence-corrected chi connectivity index (χ0v) is 11.3. The highest BCUT2D eigenvalue weighted by atomic mass is 32.1. The molecule has 1 aromatic heterocycles. The van der Waals surface area contributed by atoms with Crippen LogP contribution >= 0.6 is 11.3 Å². The van der Waals surface area contributed by atoms with Crippen molar-refractivity contribution in [2.45, 2.75) is 13.3 Å². The molecule has 0 bridgehead atoms. The first-order valence-electron chi connectivity index (χ1n) is 5.84. The van der Waals surface area contributed by atoms with Crippen molar-refractivity contribution in [2.75, 3.05) is 17.6 Å². The molecule has 5 nitrogen and oxygen atoms in total. The summed E-state index contributed by atoms with van der Waals surface area (Å²) in [5, 5.41) is 15.3. The molecule has 19 heavy (non-hydrogen) atoms. The van der Waals surface area contributed by atoms with Crippen molar-refractivity contribution in [3.05, 3.63) is 39.8 Å². The van der Waals surface area contributed by atoms with Crippen molar-refractivity contribution >= 4 is 28.7 Å². The Balaban J connectivity index is 2.01. The number of carboxylic acid groups (broad SMARTS) is 1. The molecule has 0 aliphatic heterocycles. The highest BCUT2D eigenvalue weighted by Crippen LogP contribution is 2.19. The first-order chi connectivity index (χ1) is 9.06. The molecule has 0 spiro atoms. The van der Waals surface area contributed by atoms with E-state index in [4.69, 9.17) is 10.8 Å². The van der Waals surface area contributed by atoms with E-state index in [1.54, 1.807) is 23.5 Å². The van der Waals surface area contributed by atoms with E-state index in [2.05, 4.69) is 10.3 Å². The fraction of sp³-hybridized carbons (Fsp3) is 0.231. The van der Waals surface area contributed by atoms with Gasteiger partial charge in [0.2, 0.25) is 0 Å². The van der Waals surface area contributed by atoms with E-state index in [1.807, 2.05) is 12.3 Å². The lowest BCUT2D eigenvalue weighted by Crippen LogP contribution is -2.10. The number of anilines is 2. The highest BCUT2D eigenvalue weighted by Gasteiger charge is 2.10. The molecule has 0 radical (unpaired) electrons. The van der Waals surface area contributed by atoms with E-state index >= 15 is 0 Å². The smallest absolute Gasteiger partial charge is 0.337 e. The van der Waals surface area contributed by atoms with Gasteiger partial charge in [-0.3, -0.25) is 0 Å². The molecule has 2 aromatic rings. The Morgan fingerprint density at radius 3 is 2.95 bits per heavy atom. The van der Waals surface area contributed by atoms with Crippen molar-refractivity contribution in [1.82, 2.24) is 4.98 Å². The molecule has 1 aromatic carbocycles. The van der Waals surface area contributed by atoms with Crippen LogP contribution in [0.25, 0.3) is 0 Å². The minimum atomic E-state index is -0.987. The van der Waals surface area contributed by atoms with Crippen molar-refractivity contribution < 1.29 is 9.90 Å². The minimum absolute atomic E-state index is 0.189. The van der Waals surface area contributed by atoms with Crippen LogP contribution < -0.4 is 11.1 Å². The summed E-state index contributed by atoms with van der Waals surface area (Å²) < 4.78 is 0. The topological polar surface area (TPSA) is 88.2 Å². The molecule has 100 valence electrons. The average molecular weight is 277 g/mol. The largest absolute Gasteiger partial charge is 0.478 e. The van der Waals surface area contributed by atoms with Gasteiger partial charge in [-0.25, -0.2) is 9.78 Å². The zero-order valence-electron chi connectivity index (χ0n) is 10.5. The van der Waals surface area contributed by atoms with Crippen LogP contribution in [-0.4, -0.2) is 22.6 Å². The van der Waals surface area contributed by atoms with Crippen LogP contribution in [0, 0.1) is 6.92 Å². The predicted octanol–water partition coefficient (Wildman–Crippen LogP) is 2.39. The number of carbonyl (C=O) groups is 1. The van der Waals surface area contributed by atoms with Gasteiger partial charge in [-0.05, 0) is 25.1 Å². The normalized spacial score (nSPS) is 10.4. The van der Waals surface area contributed by atoms with Gasteiger partial charge < -0.3 is 16.2 Å². The number of nitrogens with two attached hydrogens (primary N) is 1. The lowest BCUT2D eigenvalue weighted by Gasteiger charge is -2.09. The Morgan fingerprint density at radius 2 is 2.32 bits per heavy atom. The van der Waals surface area contributed by atoms with Crippen LogP contribution in [0.15, 0.2) is 23.6 Å². The minimum Gasteiger partial charge on any atom is -0.478 e. The molecule has 0 fully saturated rings. The molecule has 0 aliphatic carbocycles. The van der Waals surface area contributed by atoms with Crippen LogP contribution in [0.5, 0.6) is 0 Å². The number of thiazole rings is 1. The summed E-state index contributed by atoms with van der Waals surface area (Å²) in [5.41, 5.74) is 7.81. The van der Waals surface area contributed by atoms with Gasteiger partial charge in [0, 0.05) is 29.7 Å². The lowest BCUT2D eigenvalue weighted by molar-refractivity contribution is 0.0698. The first kappa shape index (κ1) is 13.4. The maximum atomic E-state index is 11.1. The van der Waals surface area contributed by atoms with Crippen molar-refractivity contribution in [3.63, 3.8) is 0 Å². The summed E-state index contributed by atoms with van der Waals surface area (Å²) in [7, 11) is 0. The van der Waals surface area contributed by atoms with Gasteiger partial charge in [0.05, 0.1) is 16.3 Å². The van der Waals surface area contributed by atoms with Gasteiger partial charge >= 0.3 is 5.97 Å². The monoisotopic (exact) mass is 277 g/mol. The Labute approximate surface area is 115 Å². The van der Waals surface area contributed by atoms with E-state index in [0.717, 1.165) is 17.1 Å². The number of hydrogen-bond acceptors (Lipinski definition) is 5. The molecular weight excluding hydrogens is 262 g/mol. The number of hydrogen-bond donors (Lipinski definition) is 3. The fourth-order valence-corrected chi connectivity index (χ4v) is 2.39. The molecule has 1 heterocycles. The van der Waals surface area contributed by atoms with Gasteiger partial charge in [-0.1, -0.05) is 0 Å². The average Bonchev–Trinajstić information content (AvgIpc) is 2.77. The van der Waals surface area contributed by atoms with Crippen molar-refractivity contribution in [1.29, 1.82) is 0 Å². The Kier molecular flexibility index (Phi) is 4.01. The van der Waals surface area contributed by atoms with Crippen molar-refractivity contribution in [2.24, 2.45) is 0 Å². The predicted molar refractivity (Wildman–Crippen MR) is 76.9 cm³/mol. The quantitative estimate of drug-likeness (QED) is 0.730. The highest BCUT2D eigenvalue weighted by molar-refractivity contribution is 7.09. The number of aromatic nitrogens is 1. The van der Waals surface area contributed by atoms with Gasteiger partial charge in [0.25, 0.3) is 0 Å². The van der Waals surface area contributed by atoms with Crippen LogP contribution in [-0.2, 0) is 6.42 Å². The number of aromatic carboxylic acids is 1. The number of nitrogens with zero attached hydrogens (tertiary/aromatic N) is 1. The molecule has 0 aliphatic rings. The van der Waals surface area contributed by atoms with Crippen molar-refractivity contribution in [3.8, 4) is 0 Å². The van der Waals surface area contributed by atoms with E-state index in [9.17, 15) is 4.79 Å². The van der Waals surface area contributed by atoms with E-state index < -0.39 is 5.97 Å². The maximum Gasteiger partial charge on any atom is 0.337 e. The number of benzene rings is 1. The molecule has 0 amide bonds. The van der Waals surface area contributed by atoms with Gasteiger partial charge in [-0.15, -0.1) is 11.3 Å². The van der Waals surface area contributed by atoms with Crippen LogP contribution in [0.4, 0.5) is 11.4 Å². The molecule has 6 heteroatoms. The summed E-state index contributed by atoms with van der Waals surface area (Å²) in [6.45, 7) is 2.59. The van der Waals surface area contributed by atoms with E-state index in [1.165, 1.54) is 6.07 Å². The molecule has 0 unspecified atom stereocenters. The molecule has 0 atom stereocenters. The van der Waals surface area contributed by atoms with Crippen LogP contribution in [0.1, 0.15) is 21.1 Å². The number of nitrogen functional groups attached to an aromatic ring is 1. The summed E-state index contributed by atoms with van der Waals surface area (Å²) in [6, 6.07) is 4.82. The summed E-state index contributed by atoms with van der Waals surface area (Å²) in [4.78, 5) is 15.5. The summed E-state index contributed by atoms with van der Waals surface area (Å²) >= 11 is 1.61. The second-order valence-corrected chi connectivity index (χ2v) is 5.21. The molecular formula is C13H15N3O2S. The fourth-order valence-electron chi connectivity index (χ4n) is 1.74. The van der Waals surface area contributed by atoms with Gasteiger partial charge in [0.1, 0.15) is 0 Å². The third-order valence-electron chi connectivity index (χ3n) is 2.64. The van der Waals surface area contributed by atoms with E-state index in [-0.39, 0.29) is 5.56 Å². The van der Waals surface area contributed by atoms with Gasteiger partial charge in [-0.2, -0.15) is 0 Å². The zero-order chi connectivity index (χ0) is 13.8. The third-order valence-corrected chi connectivity index (χ3v) is 3.46. The Hall–Kier alpha value is -2.08. The second kappa shape index (κ2) is 5.71. The number of aryl methyl sites for hydroxylation is 1. The standard InChI is InChI=1S/C13H15N3O2S/c1-8-16-10(7-19-8)4-5-15-12-3-2-9(14)6-11(12)13(17)18/h2-3,6-7,15H,4-5,14H2,1H3,(H,17,18). The number of rotatable bonds is 5. The Morgan fingerprint density at radius 1 is 1.53 bits per heavy atom.